The fraction of sp³-hybridized carbons (Fsp3) is 0.455. The highest BCUT2D eigenvalue weighted by Crippen LogP contribution is 2.24. The number of ether oxygens (including phenoxy) is 1. The van der Waals surface area contributed by atoms with Crippen LogP contribution in [-0.4, -0.2) is 42.4 Å². The van der Waals surface area contributed by atoms with E-state index in [0.29, 0.717) is 11.4 Å². The Balaban J connectivity index is 3.06. The summed E-state index contributed by atoms with van der Waals surface area (Å²) < 4.78 is 4.84. The van der Waals surface area contributed by atoms with Gasteiger partial charge in [-0.3, -0.25) is 0 Å². The zero-order chi connectivity index (χ0) is 12.3. The van der Waals surface area contributed by atoms with E-state index < -0.39 is 5.97 Å². The van der Waals surface area contributed by atoms with Crippen molar-refractivity contribution < 1.29 is 14.6 Å². The van der Waals surface area contributed by atoms with Gasteiger partial charge >= 0.3 is 5.97 Å². The molecule has 0 amide bonds. The fourth-order valence-electron chi connectivity index (χ4n) is 1.37. The Morgan fingerprint density at radius 2 is 2.19 bits per heavy atom. The number of aliphatic hydroxyl groups is 1. The number of carbonyl (C=O) groups excluding carboxylic acids is 1. The number of rotatable bonds is 3. The van der Waals surface area contributed by atoms with Crippen LogP contribution in [0.15, 0.2) is 28.2 Å². The molecule has 0 aromatic rings. The van der Waals surface area contributed by atoms with Crippen LogP contribution < -0.4 is 0 Å². The maximum atomic E-state index is 11.5. The molecule has 0 saturated carbocycles. The summed E-state index contributed by atoms with van der Waals surface area (Å²) in [7, 11) is 3.63. The van der Waals surface area contributed by atoms with Crippen molar-refractivity contribution in [2.75, 3.05) is 20.7 Å². The molecule has 0 bridgehead atoms. The highest BCUT2D eigenvalue weighted by molar-refractivity contribution is 6.21. The number of hydrogen-bond acceptors (Lipinski definition) is 5. The van der Waals surface area contributed by atoms with Gasteiger partial charge in [0.25, 0.3) is 0 Å². The predicted molar refractivity (Wildman–Crippen MR) is 61.2 cm³/mol. The smallest absolute Gasteiger partial charge is 0.343 e. The van der Waals surface area contributed by atoms with Gasteiger partial charge in [0.15, 0.2) is 5.76 Å². The summed E-state index contributed by atoms with van der Waals surface area (Å²) in [6.07, 6.45) is 1.64. The summed E-state index contributed by atoms with van der Waals surface area (Å²) in [6, 6.07) is 0. The second-order valence-electron chi connectivity index (χ2n) is 3.62. The van der Waals surface area contributed by atoms with Crippen molar-refractivity contribution >= 4 is 11.7 Å². The SMILES string of the molecule is CCOC(=O)C1=C(O)/C(=C\N(C)C)N=C1C. The third-order valence-electron chi connectivity index (χ3n) is 1.99. The standard InChI is InChI=1S/C11H16N2O3/c1-5-16-11(15)9-7(2)12-8(10(9)14)6-13(3)4/h6,14H,5H2,1-4H3/b8-6+. The molecule has 0 radical (unpaired) electrons. The Kier molecular flexibility index (Phi) is 3.71. The summed E-state index contributed by atoms with van der Waals surface area (Å²) in [5.74, 6) is -0.659. The molecule has 1 heterocycles. The molecule has 1 aliphatic heterocycles. The van der Waals surface area contributed by atoms with Gasteiger partial charge in [0.05, 0.1) is 12.3 Å². The van der Waals surface area contributed by atoms with E-state index in [-0.39, 0.29) is 17.9 Å². The fourth-order valence-corrected chi connectivity index (χ4v) is 1.37. The topological polar surface area (TPSA) is 62.1 Å². The maximum absolute atomic E-state index is 11.5. The Morgan fingerprint density at radius 3 is 2.69 bits per heavy atom. The molecule has 0 saturated heterocycles. The monoisotopic (exact) mass is 224 g/mol. The van der Waals surface area contributed by atoms with Crippen LogP contribution in [0.4, 0.5) is 0 Å². The van der Waals surface area contributed by atoms with Crippen LogP contribution in [0.25, 0.3) is 0 Å². The molecule has 0 fully saturated rings. The molecule has 1 aliphatic rings. The van der Waals surface area contributed by atoms with E-state index in [2.05, 4.69) is 4.99 Å². The summed E-state index contributed by atoms with van der Waals surface area (Å²) in [5, 5.41) is 9.83. The molecule has 88 valence electrons. The lowest BCUT2D eigenvalue weighted by Gasteiger charge is -2.05. The Hall–Kier alpha value is -1.78. The highest BCUT2D eigenvalue weighted by atomic mass is 16.5. The van der Waals surface area contributed by atoms with Crippen molar-refractivity contribution in [3.05, 3.63) is 23.2 Å². The largest absolute Gasteiger partial charge is 0.505 e. The van der Waals surface area contributed by atoms with Gasteiger partial charge in [-0.25, -0.2) is 9.79 Å². The van der Waals surface area contributed by atoms with E-state index in [0.717, 1.165) is 0 Å². The van der Waals surface area contributed by atoms with Crippen molar-refractivity contribution in [1.29, 1.82) is 0 Å². The zero-order valence-corrected chi connectivity index (χ0v) is 9.94. The lowest BCUT2D eigenvalue weighted by atomic mass is 10.1. The first-order valence-corrected chi connectivity index (χ1v) is 5.02. The minimum absolute atomic E-state index is 0.121. The van der Waals surface area contributed by atoms with Gasteiger partial charge in [-0.2, -0.15) is 0 Å². The minimum atomic E-state index is -0.539. The average Bonchev–Trinajstić information content (AvgIpc) is 2.41. The first-order valence-electron chi connectivity index (χ1n) is 5.02. The van der Waals surface area contributed by atoms with Gasteiger partial charge in [-0.05, 0) is 13.8 Å². The highest BCUT2D eigenvalue weighted by Gasteiger charge is 2.27. The van der Waals surface area contributed by atoms with Crippen molar-refractivity contribution in [3.63, 3.8) is 0 Å². The van der Waals surface area contributed by atoms with E-state index >= 15 is 0 Å². The molecule has 1 N–H and O–H groups in total. The quantitative estimate of drug-likeness (QED) is 0.732. The van der Waals surface area contributed by atoms with Gasteiger partial charge in [0.2, 0.25) is 0 Å². The van der Waals surface area contributed by atoms with Crippen LogP contribution in [0.3, 0.4) is 0 Å². The van der Waals surface area contributed by atoms with E-state index in [1.54, 1.807) is 24.9 Å². The second-order valence-corrected chi connectivity index (χ2v) is 3.62. The molecule has 0 aromatic carbocycles. The van der Waals surface area contributed by atoms with Gasteiger partial charge < -0.3 is 14.7 Å². The molecular formula is C11H16N2O3. The number of hydrogen-bond donors (Lipinski definition) is 1. The van der Waals surface area contributed by atoms with Crippen LogP contribution in [0.5, 0.6) is 0 Å². The first-order chi connectivity index (χ1) is 7.47. The van der Waals surface area contributed by atoms with Crippen molar-refractivity contribution in [3.8, 4) is 0 Å². The summed E-state index contributed by atoms with van der Waals surface area (Å²) in [4.78, 5) is 17.4. The van der Waals surface area contributed by atoms with Gasteiger partial charge in [0.1, 0.15) is 11.3 Å². The molecule has 0 atom stereocenters. The molecule has 0 spiro atoms. The van der Waals surface area contributed by atoms with E-state index in [9.17, 15) is 9.90 Å². The molecule has 5 heteroatoms. The van der Waals surface area contributed by atoms with E-state index in [4.69, 9.17) is 4.74 Å². The number of aliphatic hydroxyl groups excluding tert-OH is 1. The lowest BCUT2D eigenvalue weighted by Crippen LogP contribution is -2.13. The van der Waals surface area contributed by atoms with Gasteiger partial charge in [0, 0.05) is 20.3 Å². The molecule has 0 aliphatic carbocycles. The van der Waals surface area contributed by atoms with Crippen LogP contribution in [0.1, 0.15) is 13.8 Å². The van der Waals surface area contributed by atoms with Gasteiger partial charge in [-0.15, -0.1) is 0 Å². The van der Waals surface area contributed by atoms with E-state index in [1.807, 2.05) is 14.1 Å². The number of esters is 1. The Bertz CT molecular complexity index is 392. The zero-order valence-electron chi connectivity index (χ0n) is 9.94. The lowest BCUT2D eigenvalue weighted by molar-refractivity contribution is -0.138. The molecule has 0 aromatic heterocycles. The van der Waals surface area contributed by atoms with Crippen LogP contribution in [0.2, 0.25) is 0 Å². The third kappa shape index (κ3) is 2.42. The maximum Gasteiger partial charge on any atom is 0.343 e. The second kappa shape index (κ2) is 4.83. The first kappa shape index (κ1) is 12.3. The molecular weight excluding hydrogens is 208 g/mol. The number of carbonyl (C=O) groups is 1. The third-order valence-corrected chi connectivity index (χ3v) is 1.99. The van der Waals surface area contributed by atoms with Crippen LogP contribution in [-0.2, 0) is 9.53 Å². The number of aliphatic imine (C=N–C) groups is 1. The van der Waals surface area contributed by atoms with Crippen molar-refractivity contribution in [1.82, 2.24) is 4.90 Å². The van der Waals surface area contributed by atoms with Crippen LogP contribution >= 0.6 is 0 Å². The minimum Gasteiger partial charge on any atom is -0.505 e. The normalized spacial score (nSPS) is 17.8. The Labute approximate surface area is 94.7 Å². The van der Waals surface area contributed by atoms with Crippen LogP contribution in [0, 0.1) is 0 Å². The number of nitrogens with zero attached hydrogens (tertiary/aromatic N) is 2. The summed E-state index contributed by atoms with van der Waals surface area (Å²) >= 11 is 0. The average molecular weight is 224 g/mol. The molecule has 16 heavy (non-hydrogen) atoms. The summed E-state index contributed by atoms with van der Waals surface area (Å²) in [5.41, 5.74) is 1.00. The van der Waals surface area contributed by atoms with E-state index in [1.165, 1.54) is 0 Å². The molecule has 1 rings (SSSR count). The molecule has 5 nitrogen and oxygen atoms in total. The van der Waals surface area contributed by atoms with Crippen molar-refractivity contribution in [2.45, 2.75) is 13.8 Å². The molecule has 0 unspecified atom stereocenters. The predicted octanol–water partition coefficient (Wildman–Crippen LogP) is 1.24. The van der Waals surface area contributed by atoms with Crippen molar-refractivity contribution in [2.24, 2.45) is 4.99 Å². The Morgan fingerprint density at radius 1 is 1.56 bits per heavy atom. The summed E-state index contributed by atoms with van der Waals surface area (Å²) in [6.45, 7) is 3.65. The van der Waals surface area contributed by atoms with Gasteiger partial charge in [-0.1, -0.05) is 0 Å².